The Bertz CT molecular complexity index is 413. The summed E-state index contributed by atoms with van der Waals surface area (Å²) in [6.45, 7) is 4.53. The summed E-state index contributed by atoms with van der Waals surface area (Å²) < 4.78 is 5.69. The van der Waals surface area contributed by atoms with Crippen LogP contribution in [0, 0.1) is 0 Å². The molecule has 2 N–H and O–H groups in total. The number of aromatic nitrogens is 1. The summed E-state index contributed by atoms with van der Waals surface area (Å²) in [4.78, 5) is 4.26. The molecule has 1 heterocycles. The summed E-state index contributed by atoms with van der Waals surface area (Å²) in [5.74, 6) is 0.611. The smallest absolute Gasteiger partial charge is 0.237 e. The van der Waals surface area contributed by atoms with Gasteiger partial charge in [0, 0.05) is 12.7 Å². The van der Waals surface area contributed by atoms with E-state index in [9.17, 15) is 5.11 Å². The highest BCUT2D eigenvalue weighted by Gasteiger charge is 2.28. The normalized spacial score (nSPS) is 18.6. The second-order valence-corrected chi connectivity index (χ2v) is 6.01. The fraction of sp³-hybridized carbons (Fsp3) is 0.688. The van der Waals surface area contributed by atoms with Gasteiger partial charge in [0.2, 0.25) is 5.88 Å². The highest BCUT2D eigenvalue weighted by molar-refractivity contribution is 5.52. The minimum atomic E-state index is -0.596. The van der Waals surface area contributed by atoms with Gasteiger partial charge in [-0.15, -0.1) is 0 Å². The van der Waals surface area contributed by atoms with E-state index in [-0.39, 0.29) is 6.10 Å². The summed E-state index contributed by atoms with van der Waals surface area (Å²) in [6, 6.07) is 3.83. The molecule has 20 heavy (non-hydrogen) atoms. The number of pyridine rings is 1. The largest absolute Gasteiger partial charge is 0.473 e. The van der Waals surface area contributed by atoms with Crippen molar-refractivity contribution >= 4 is 5.69 Å². The van der Waals surface area contributed by atoms with Gasteiger partial charge in [-0.1, -0.05) is 25.7 Å². The van der Waals surface area contributed by atoms with E-state index in [0.29, 0.717) is 12.4 Å². The van der Waals surface area contributed by atoms with Gasteiger partial charge in [0.1, 0.15) is 0 Å². The first-order chi connectivity index (χ1) is 9.59. The van der Waals surface area contributed by atoms with E-state index in [1.165, 1.54) is 12.8 Å². The minimum absolute atomic E-state index is 0.0893. The average Bonchev–Trinajstić information content (AvgIpc) is 2.63. The highest BCUT2D eigenvalue weighted by atomic mass is 16.5. The van der Waals surface area contributed by atoms with Crippen molar-refractivity contribution < 1.29 is 9.84 Å². The Morgan fingerprint density at radius 3 is 2.65 bits per heavy atom. The van der Waals surface area contributed by atoms with E-state index in [1.807, 2.05) is 26.0 Å². The Balaban J connectivity index is 1.99. The number of aliphatic hydroxyl groups is 1. The topological polar surface area (TPSA) is 54.4 Å². The lowest BCUT2D eigenvalue weighted by Crippen LogP contribution is -2.36. The predicted octanol–water partition coefficient (Wildman–Crippen LogP) is 3.37. The van der Waals surface area contributed by atoms with E-state index in [0.717, 1.165) is 31.4 Å². The van der Waals surface area contributed by atoms with E-state index in [1.54, 1.807) is 6.20 Å². The maximum atomic E-state index is 10.7. The van der Waals surface area contributed by atoms with Crippen LogP contribution in [0.1, 0.15) is 52.4 Å². The lowest BCUT2D eigenvalue weighted by molar-refractivity contribution is 0.0380. The standard InChI is InChI=1S/C16H26N2O2/c1-13(2)20-15-14(8-7-11-17-15)18-12-16(19)9-5-3-4-6-10-16/h7-8,11,13,18-19H,3-6,9-10,12H2,1-2H3. The molecule has 1 fully saturated rings. The third-order valence-corrected chi connectivity index (χ3v) is 3.76. The Hall–Kier alpha value is -1.29. The molecule has 0 aliphatic heterocycles. The Morgan fingerprint density at radius 2 is 2.00 bits per heavy atom. The molecule has 0 atom stereocenters. The van der Waals surface area contributed by atoms with Crippen LogP contribution in [-0.4, -0.2) is 28.3 Å². The van der Waals surface area contributed by atoms with Crippen LogP contribution in [0.3, 0.4) is 0 Å². The SMILES string of the molecule is CC(C)Oc1ncccc1NCC1(O)CCCCCC1. The Morgan fingerprint density at radius 1 is 1.30 bits per heavy atom. The highest BCUT2D eigenvalue weighted by Crippen LogP contribution is 2.29. The molecule has 0 amide bonds. The number of ether oxygens (including phenoxy) is 1. The van der Waals surface area contributed by atoms with E-state index >= 15 is 0 Å². The molecular weight excluding hydrogens is 252 g/mol. The summed E-state index contributed by atoms with van der Waals surface area (Å²) >= 11 is 0. The van der Waals surface area contributed by atoms with Crippen molar-refractivity contribution in [2.45, 2.75) is 64.1 Å². The van der Waals surface area contributed by atoms with Crippen LogP contribution in [0.25, 0.3) is 0 Å². The molecule has 1 saturated carbocycles. The van der Waals surface area contributed by atoms with Gasteiger partial charge < -0.3 is 15.2 Å². The third kappa shape index (κ3) is 4.37. The quantitative estimate of drug-likeness (QED) is 0.811. The van der Waals surface area contributed by atoms with Gasteiger partial charge in [-0.25, -0.2) is 4.98 Å². The van der Waals surface area contributed by atoms with Crippen LogP contribution >= 0.6 is 0 Å². The molecule has 0 bridgehead atoms. The first kappa shape index (κ1) is 15.1. The Kier molecular flexibility index (Phi) is 5.24. The number of nitrogens with zero attached hydrogens (tertiary/aromatic N) is 1. The zero-order valence-corrected chi connectivity index (χ0v) is 12.6. The summed E-state index contributed by atoms with van der Waals surface area (Å²) in [6.07, 6.45) is 8.26. The zero-order chi connectivity index (χ0) is 14.4. The van der Waals surface area contributed by atoms with Crippen LogP contribution in [0.15, 0.2) is 18.3 Å². The van der Waals surface area contributed by atoms with Crippen LogP contribution in [0.4, 0.5) is 5.69 Å². The molecule has 0 aromatic carbocycles. The van der Waals surface area contributed by atoms with E-state index < -0.39 is 5.60 Å². The number of hydrogen-bond donors (Lipinski definition) is 2. The molecule has 1 aliphatic rings. The summed E-state index contributed by atoms with van der Waals surface area (Å²) in [7, 11) is 0. The van der Waals surface area contributed by atoms with Crippen LogP contribution in [-0.2, 0) is 0 Å². The number of rotatable bonds is 5. The molecular formula is C16H26N2O2. The summed E-state index contributed by atoms with van der Waals surface area (Å²) in [5.41, 5.74) is 0.264. The molecule has 0 saturated heterocycles. The van der Waals surface area contributed by atoms with Gasteiger partial charge in [-0.3, -0.25) is 0 Å². The van der Waals surface area contributed by atoms with Crippen LogP contribution < -0.4 is 10.1 Å². The fourth-order valence-corrected chi connectivity index (χ4v) is 2.67. The first-order valence-corrected chi connectivity index (χ1v) is 7.67. The number of nitrogens with one attached hydrogen (secondary N) is 1. The maximum Gasteiger partial charge on any atom is 0.237 e. The number of hydrogen-bond acceptors (Lipinski definition) is 4. The average molecular weight is 278 g/mol. The van der Waals surface area contributed by atoms with Crippen molar-refractivity contribution in [3.63, 3.8) is 0 Å². The van der Waals surface area contributed by atoms with Crippen molar-refractivity contribution in [3.8, 4) is 5.88 Å². The molecule has 0 unspecified atom stereocenters. The minimum Gasteiger partial charge on any atom is -0.473 e. The molecule has 0 spiro atoms. The van der Waals surface area contributed by atoms with Gasteiger partial charge in [0.05, 0.1) is 17.4 Å². The maximum absolute atomic E-state index is 10.7. The van der Waals surface area contributed by atoms with Crippen molar-refractivity contribution in [1.82, 2.24) is 4.98 Å². The van der Waals surface area contributed by atoms with Gasteiger partial charge in [0.15, 0.2) is 0 Å². The first-order valence-electron chi connectivity index (χ1n) is 7.67. The lowest BCUT2D eigenvalue weighted by Gasteiger charge is -2.27. The Labute approximate surface area is 121 Å². The second-order valence-electron chi connectivity index (χ2n) is 6.01. The molecule has 4 nitrogen and oxygen atoms in total. The van der Waals surface area contributed by atoms with Crippen LogP contribution in [0.5, 0.6) is 5.88 Å². The molecule has 1 aromatic heterocycles. The van der Waals surface area contributed by atoms with Gasteiger partial charge >= 0.3 is 0 Å². The van der Waals surface area contributed by atoms with E-state index in [4.69, 9.17) is 4.74 Å². The number of anilines is 1. The van der Waals surface area contributed by atoms with Gasteiger partial charge in [-0.05, 0) is 38.8 Å². The third-order valence-electron chi connectivity index (χ3n) is 3.76. The van der Waals surface area contributed by atoms with Crippen molar-refractivity contribution in [1.29, 1.82) is 0 Å². The second kappa shape index (κ2) is 6.93. The van der Waals surface area contributed by atoms with Gasteiger partial charge in [-0.2, -0.15) is 0 Å². The van der Waals surface area contributed by atoms with Crippen molar-refractivity contribution in [2.75, 3.05) is 11.9 Å². The molecule has 0 radical (unpaired) electrons. The summed E-state index contributed by atoms with van der Waals surface area (Å²) in [5, 5.41) is 14.0. The molecule has 2 rings (SSSR count). The van der Waals surface area contributed by atoms with Gasteiger partial charge in [0.25, 0.3) is 0 Å². The van der Waals surface area contributed by atoms with E-state index in [2.05, 4.69) is 10.3 Å². The van der Waals surface area contributed by atoms with Crippen molar-refractivity contribution in [2.24, 2.45) is 0 Å². The fourth-order valence-electron chi connectivity index (χ4n) is 2.67. The lowest BCUT2D eigenvalue weighted by atomic mass is 9.94. The predicted molar refractivity (Wildman–Crippen MR) is 81.1 cm³/mol. The monoisotopic (exact) mass is 278 g/mol. The van der Waals surface area contributed by atoms with Crippen molar-refractivity contribution in [3.05, 3.63) is 18.3 Å². The zero-order valence-electron chi connectivity index (χ0n) is 12.6. The molecule has 4 heteroatoms. The molecule has 112 valence electrons. The molecule has 1 aromatic rings. The molecule has 1 aliphatic carbocycles. The van der Waals surface area contributed by atoms with Crippen LogP contribution in [0.2, 0.25) is 0 Å².